The van der Waals surface area contributed by atoms with Gasteiger partial charge in [-0.1, -0.05) is 29.4 Å². The number of hydrogen-bond acceptors (Lipinski definition) is 4. The molecule has 28 heavy (non-hydrogen) atoms. The number of hydrogen-bond donors (Lipinski definition) is 0. The number of aromatic nitrogens is 2. The Morgan fingerprint density at radius 2 is 2.11 bits per heavy atom. The van der Waals surface area contributed by atoms with Crippen molar-refractivity contribution in [1.82, 2.24) is 4.57 Å². The average Bonchev–Trinajstić information content (AvgIpc) is 3.15. The molecule has 1 aliphatic heterocycles. The van der Waals surface area contributed by atoms with Crippen LogP contribution < -0.4 is 24.2 Å². The number of nitrogens with zero attached hydrogens (tertiary/aromatic N) is 3. The maximum absolute atomic E-state index is 13.2. The summed E-state index contributed by atoms with van der Waals surface area (Å²) in [6.07, 6.45) is 5.79. The summed E-state index contributed by atoms with van der Waals surface area (Å²) in [5, 5.41) is 1.62. The van der Waals surface area contributed by atoms with Gasteiger partial charge in [-0.15, -0.1) is 17.9 Å². The van der Waals surface area contributed by atoms with Gasteiger partial charge in [0.15, 0.2) is 6.20 Å². The number of allylic oxidation sites excluding steroid dienone is 1. The highest BCUT2D eigenvalue weighted by atomic mass is 35.5. The van der Waals surface area contributed by atoms with Gasteiger partial charge in [0.1, 0.15) is 21.3 Å². The number of rotatable bonds is 3. The van der Waals surface area contributed by atoms with Crippen LogP contribution in [-0.4, -0.2) is 11.6 Å². The lowest BCUT2D eigenvalue weighted by Gasteiger charge is -2.12. The van der Waals surface area contributed by atoms with Crippen molar-refractivity contribution in [2.45, 2.75) is 11.4 Å². The number of anilines is 1. The third-order valence-corrected chi connectivity index (χ3v) is 7.30. The number of aryl methyl sites for hydroxylation is 1. The van der Waals surface area contributed by atoms with Crippen LogP contribution in [0, 0.1) is 0 Å². The molecular formula is C21H19ClN3OS2+. The number of halogens is 1. The molecule has 142 valence electrons. The molecule has 1 aromatic carbocycles. The lowest BCUT2D eigenvalue weighted by molar-refractivity contribution is -0.673. The molecule has 0 amide bonds. The van der Waals surface area contributed by atoms with E-state index in [1.807, 2.05) is 72.2 Å². The first-order chi connectivity index (χ1) is 13.5. The van der Waals surface area contributed by atoms with E-state index in [1.54, 1.807) is 22.4 Å². The molecular weight excluding hydrogens is 410 g/mol. The summed E-state index contributed by atoms with van der Waals surface area (Å²) in [6.45, 7) is 4.29. The summed E-state index contributed by atoms with van der Waals surface area (Å²) in [7, 11) is 3.97. The number of thioether (sulfide) groups is 1. The van der Waals surface area contributed by atoms with Crippen LogP contribution >= 0.6 is 34.7 Å². The maximum Gasteiger partial charge on any atom is 0.272 e. The maximum atomic E-state index is 13.2. The fourth-order valence-corrected chi connectivity index (χ4v) is 5.66. The first-order valence-electron chi connectivity index (χ1n) is 8.72. The molecule has 4 rings (SSSR count). The smallest absolute Gasteiger partial charge is 0.272 e. The van der Waals surface area contributed by atoms with Crippen LogP contribution in [0.5, 0.6) is 0 Å². The zero-order valence-electron chi connectivity index (χ0n) is 15.6. The quantitative estimate of drug-likeness (QED) is 0.474. The van der Waals surface area contributed by atoms with Gasteiger partial charge in [0, 0.05) is 41.7 Å². The predicted octanol–water partition coefficient (Wildman–Crippen LogP) is 2.71. The van der Waals surface area contributed by atoms with Crippen LogP contribution in [0.2, 0.25) is 5.02 Å². The number of pyridine rings is 1. The van der Waals surface area contributed by atoms with Gasteiger partial charge in [0.05, 0.1) is 5.69 Å². The highest BCUT2D eigenvalue weighted by Crippen LogP contribution is 2.46. The van der Waals surface area contributed by atoms with Crippen LogP contribution in [0.1, 0.15) is 5.69 Å². The normalized spacial score (nSPS) is 15.8. The Morgan fingerprint density at radius 3 is 2.86 bits per heavy atom. The highest BCUT2D eigenvalue weighted by Gasteiger charge is 2.25. The van der Waals surface area contributed by atoms with Crippen LogP contribution in [0.3, 0.4) is 0 Å². The second-order valence-electron chi connectivity index (χ2n) is 6.43. The van der Waals surface area contributed by atoms with Gasteiger partial charge in [-0.25, -0.2) is 4.57 Å². The van der Waals surface area contributed by atoms with Crippen LogP contribution in [0.15, 0.2) is 64.9 Å². The molecule has 0 saturated heterocycles. The summed E-state index contributed by atoms with van der Waals surface area (Å²) in [4.78, 5) is 16.4. The number of fused-ring (bicyclic) bond motifs is 1. The van der Waals surface area contributed by atoms with Gasteiger partial charge < -0.3 is 4.90 Å². The summed E-state index contributed by atoms with van der Waals surface area (Å²) >= 11 is 9.28. The van der Waals surface area contributed by atoms with E-state index in [0.717, 1.165) is 30.5 Å². The van der Waals surface area contributed by atoms with Gasteiger partial charge in [-0.2, -0.15) is 0 Å². The van der Waals surface area contributed by atoms with Gasteiger partial charge in [-0.05, 0) is 24.3 Å². The molecule has 0 atom stereocenters. The van der Waals surface area contributed by atoms with Crippen molar-refractivity contribution in [3.8, 4) is 0 Å². The lowest BCUT2D eigenvalue weighted by Crippen LogP contribution is -2.35. The molecule has 1 aliphatic rings. The van der Waals surface area contributed by atoms with Crippen LogP contribution in [-0.2, 0) is 13.6 Å². The second-order valence-corrected chi connectivity index (χ2v) is 8.93. The first kappa shape index (κ1) is 19.1. The van der Waals surface area contributed by atoms with Gasteiger partial charge in [0.25, 0.3) is 5.56 Å². The fraction of sp³-hybridized carbons (Fsp3) is 0.143. The van der Waals surface area contributed by atoms with E-state index in [4.69, 9.17) is 11.6 Å². The topological polar surface area (TPSA) is 29.1 Å². The Labute approximate surface area is 176 Å². The highest BCUT2D eigenvalue weighted by molar-refractivity contribution is 8.08. The van der Waals surface area contributed by atoms with Crippen molar-refractivity contribution in [1.29, 1.82) is 0 Å². The van der Waals surface area contributed by atoms with E-state index in [9.17, 15) is 4.79 Å². The Kier molecular flexibility index (Phi) is 5.19. The summed E-state index contributed by atoms with van der Waals surface area (Å²) in [5.74, 6) is 0. The van der Waals surface area contributed by atoms with E-state index in [0.29, 0.717) is 11.6 Å². The van der Waals surface area contributed by atoms with Crippen molar-refractivity contribution in [3.63, 3.8) is 0 Å². The minimum absolute atomic E-state index is 0.00277. The van der Waals surface area contributed by atoms with Gasteiger partial charge in [-0.3, -0.25) is 9.36 Å². The van der Waals surface area contributed by atoms with Crippen molar-refractivity contribution in [2.24, 2.45) is 7.05 Å². The molecule has 3 aromatic rings. The molecule has 0 fully saturated rings. The molecule has 0 aliphatic carbocycles. The molecule has 7 heteroatoms. The predicted molar refractivity (Wildman–Crippen MR) is 118 cm³/mol. The van der Waals surface area contributed by atoms with Crippen LogP contribution in [0.25, 0.3) is 11.1 Å². The third-order valence-electron chi connectivity index (χ3n) is 4.58. The SMILES string of the molecule is C=CCn1c(=O)/c(=C2\Sc3ccc(Cl)cc3N2C)s/c1=C\c1cccc[n+]1C. The Hall–Kier alpha value is -2.28. The van der Waals surface area contributed by atoms with Gasteiger partial charge in [0.2, 0.25) is 5.69 Å². The van der Waals surface area contributed by atoms with E-state index < -0.39 is 0 Å². The standard InChI is InChI=1S/C21H19ClN3OS2/c1-4-10-25-18(13-15-7-5-6-11-23(15)2)28-19(20(25)26)21-24(3)16-12-14(22)8-9-17(16)27-21/h4-9,11-13H,1,10H2,2-3H3/q+1/b21-19+. The minimum Gasteiger partial charge on any atom is -0.337 e. The van der Waals surface area contributed by atoms with E-state index in [-0.39, 0.29) is 5.56 Å². The molecule has 0 saturated carbocycles. The third kappa shape index (κ3) is 3.32. The molecule has 4 nitrogen and oxygen atoms in total. The summed E-state index contributed by atoms with van der Waals surface area (Å²) in [6, 6.07) is 11.8. The van der Waals surface area contributed by atoms with Crippen molar-refractivity contribution in [3.05, 3.63) is 85.5 Å². The Morgan fingerprint density at radius 1 is 1.29 bits per heavy atom. The largest absolute Gasteiger partial charge is 0.337 e. The minimum atomic E-state index is 0.00277. The fourth-order valence-electron chi connectivity index (χ4n) is 3.10. The first-order valence-corrected chi connectivity index (χ1v) is 10.7. The number of benzene rings is 1. The van der Waals surface area contributed by atoms with E-state index in [1.165, 1.54) is 11.3 Å². The molecule has 0 bridgehead atoms. The van der Waals surface area contributed by atoms with Gasteiger partial charge >= 0.3 is 0 Å². The number of thiazole rings is 1. The van der Waals surface area contributed by atoms with Crippen molar-refractivity contribution >= 4 is 51.5 Å². The van der Waals surface area contributed by atoms with E-state index in [2.05, 4.69) is 6.58 Å². The molecule has 3 heterocycles. The Bertz CT molecular complexity index is 1260. The zero-order valence-corrected chi connectivity index (χ0v) is 17.9. The monoisotopic (exact) mass is 428 g/mol. The van der Waals surface area contributed by atoms with Crippen LogP contribution in [0.4, 0.5) is 5.69 Å². The zero-order chi connectivity index (χ0) is 19.8. The lowest BCUT2D eigenvalue weighted by atomic mass is 10.3. The molecule has 0 spiro atoms. The summed E-state index contributed by atoms with van der Waals surface area (Å²) < 4.78 is 5.43. The Balaban J connectivity index is 1.96. The second kappa shape index (κ2) is 7.62. The molecule has 0 N–H and O–H groups in total. The summed E-state index contributed by atoms with van der Waals surface area (Å²) in [5.41, 5.74) is 2.05. The molecule has 2 aromatic heterocycles. The van der Waals surface area contributed by atoms with Crippen molar-refractivity contribution in [2.75, 3.05) is 11.9 Å². The average molecular weight is 429 g/mol. The van der Waals surface area contributed by atoms with Crippen molar-refractivity contribution < 1.29 is 4.57 Å². The molecule has 0 radical (unpaired) electrons. The molecule has 0 unspecified atom stereocenters. The van der Waals surface area contributed by atoms with E-state index >= 15 is 0 Å².